The summed E-state index contributed by atoms with van der Waals surface area (Å²) in [6.07, 6.45) is 0. The molecular weight excluding hydrogens is 302 g/mol. The van der Waals surface area contributed by atoms with Crippen LogP contribution in [0.2, 0.25) is 5.02 Å². The molecule has 1 heterocycles. The van der Waals surface area contributed by atoms with E-state index in [0.717, 1.165) is 17.0 Å². The van der Waals surface area contributed by atoms with Gasteiger partial charge in [-0.15, -0.1) is 0 Å². The zero-order valence-electron chi connectivity index (χ0n) is 12.1. The van der Waals surface area contributed by atoms with E-state index in [2.05, 4.69) is 11.8 Å². The molecule has 0 saturated heterocycles. The van der Waals surface area contributed by atoms with Crippen molar-refractivity contribution in [1.29, 1.82) is 0 Å². The van der Waals surface area contributed by atoms with Crippen LogP contribution < -0.4 is 9.64 Å². The first-order valence-corrected chi connectivity index (χ1v) is 7.43. The van der Waals surface area contributed by atoms with Crippen LogP contribution >= 0.6 is 11.6 Å². The molecule has 5 heteroatoms. The van der Waals surface area contributed by atoms with Crippen LogP contribution in [0, 0.1) is 0 Å². The minimum Gasteiger partial charge on any atom is -0.489 e. The molecule has 1 aliphatic rings. The lowest BCUT2D eigenvalue weighted by molar-refractivity contribution is 0.0697. The molecule has 1 aliphatic heterocycles. The van der Waals surface area contributed by atoms with Crippen LogP contribution in [0.1, 0.15) is 22.8 Å². The van der Waals surface area contributed by atoms with Gasteiger partial charge in [-0.1, -0.05) is 23.7 Å². The van der Waals surface area contributed by atoms with Crippen LogP contribution in [0.3, 0.4) is 0 Å². The lowest BCUT2D eigenvalue weighted by Crippen LogP contribution is -2.40. The highest BCUT2D eigenvalue weighted by Crippen LogP contribution is 2.35. The zero-order valence-corrected chi connectivity index (χ0v) is 12.9. The molecule has 0 bridgehead atoms. The number of nitrogens with zero attached hydrogens (tertiary/aromatic N) is 1. The average Bonchev–Trinajstić information content (AvgIpc) is 2.51. The Morgan fingerprint density at radius 3 is 2.73 bits per heavy atom. The van der Waals surface area contributed by atoms with E-state index in [1.807, 2.05) is 24.3 Å². The van der Waals surface area contributed by atoms with E-state index < -0.39 is 5.97 Å². The van der Waals surface area contributed by atoms with Gasteiger partial charge in [-0.2, -0.15) is 0 Å². The highest BCUT2D eigenvalue weighted by atomic mass is 35.5. The molecule has 2 aromatic carbocycles. The smallest absolute Gasteiger partial charge is 0.335 e. The van der Waals surface area contributed by atoms with Crippen molar-refractivity contribution in [3.63, 3.8) is 0 Å². The summed E-state index contributed by atoms with van der Waals surface area (Å²) in [4.78, 5) is 13.4. The Labute approximate surface area is 133 Å². The van der Waals surface area contributed by atoms with Gasteiger partial charge < -0.3 is 14.7 Å². The molecule has 0 saturated carbocycles. The van der Waals surface area contributed by atoms with E-state index in [1.54, 1.807) is 18.2 Å². The monoisotopic (exact) mass is 317 g/mol. The number of benzene rings is 2. The number of carbonyl (C=O) groups is 1. The quantitative estimate of drug-likeness (QED) is 0.934. The molecule has 0 aromatic heterocycles. The van der Waals surface area contributed by atoms with E-state index in [4.69, 9.17) is 16.3 Å². The number of rotatable bonds is 3. The van der Waals surface area contributed by atoms with Gasteiger partial charge in [-0.05, 0) is 42.8 Å². The van der Waals surface area contributed by atoms with E-state index in [0.29, 0.717) is 18.2 Å². The number of carboxylic acid groups (broad SMARTS) is 1. The lowest BCUT2D eigenvalue weighted by Gasteiger charge is -2.37. The average molecular weight is 318 g/mol. The minimum atomic E-state index is -0.938. The largest absolute Gasteiger partial charge is 0.489 e. The Morgan fingerprint density at radius 2 is 2.05 bits per heavy atom. The van der Waals surface area contributed by atoms with Crippen LogP contribution in [0.5, 0.6) is 5.75 Å². The number of halogens is 1. The summed E-state index contributed by atoms with van der Waals surface area (Å²) in [7, 11) is 0. The van der Waals surface area contributed by atoms with Gasteiger partial charge in [0.1, 0.15) is 12.4 Å². The van der Waals surface area contributed by atoms with Crippen LogP contribution in [-0.2, 0) is 6.54 Å². The van der Waals surface area contributed by atoms with Crippen molar-refractivity contribution in [3.8, 4) is 5.75 Å². The van der Waals surface area contributed by atoms with E-state index >= 15 is 0 Å². The summed E-state index contributed by atoms with van der Waals surface area (Å²) in [5.41, 5.74) is 2.19. The second-order valence-electron chi connectivity index (χ2n) is 5.40. The summed E-state index contributed by atoms with van der Waals surface area (Å²) < 4.78 is 5.70. The Bertz CT molecular complexity index is 700. The number of hydrogen-bond acceptors (Lipinski definition) is 3. The number of hydrogen-bond donors (Lipinski definition) is 1. The van der Waals surface area contributed by atoms with E-state index in [1.165, 1.54) is 0 Å². The van der Waals surface area contributed by atoms with Crippen LogP contribution in [0.4, 0.5) is 5.69 Å². The second-order valence-corrected chi connectivity index (χ2v) is 5.84. The maximum atomic E-state index is 11.2. The lowest BCUT2D eigenvalue weighted by atomic mass is 10.1. The van der Waals surface area contributed by atoms with Gasteiger partial charge >= 0.3 is 5.97 Å². The fraction of sp³-hybridized carbons (Fsp3) is 0.235. The molecule has 4 nitrogen and oxygen atoms in total. The fourth-order valence-corrected chi connectivity index (χ4v) is 2.69. The molecule has 1 unspecified atom stereocenters. The first-order valence-electron chi connectivity index (χ1n) is 7.06. The maximum absolute atomic E-state index is 11.2. The maximum Gasteiger partial charge on any atom is 0.335 e. The molecular formula is C17H16ClNO3. The first-order chi connectivity index (χ1) is 10.5. The summed E-state index contributed by atoms with van der Waals surface area (Å²) in [5.74, 6) is -0.218. The Hall–Kier alpha value is -2.20. The van der Waals surface area contributed by atoms with Crippen molar-refractivity contribution in [2.75, 3.05) is 11.5 Å². The fourth-order valence-electron chi connectivity index (χ4n) is 2.56. The third-order valence-corrected chi connectivity index (χ3v) is 4.05. The first kappa shape index (κ1) is 14.7. The number of fused-ring (bicyclic) bond motifs is 1. The van der Waals surface area contributed by atoms with Gasteiger partial charge in [0.2, 0.25) is 0 Å². The van der Waals surface area contributed by atoms with Gasteiger partial charge in [-0.25, -0.2) is 4.79 Å². The molecule has 2 aromatic rings. The summed E-state index contributed by atoms with van der Waals surface area (Å²) in [6, 6.07) is 12.8. The van der Waals surface area contributed by atoms with Gasteiger partial charge in [-0.3, -0.25) is 0 Å². The van der Waals surface area contributed by atoms with E-state index in [-0.39, 0.29) is 11.6 Å². The Balaban J connectivity index is 1.95. The zero-order chi connectivity index (χ0) is 15.7. The van der Waals surface area contributed by atoms with Crippen molar-refractivity contribution >= 4 is 23.3 Å². The van der Waals surface area contributed by atoms with Gasteiger partial charge in [0.15, 0.2) is 0 Å². The predicted octanol–water partition coefficient (Wildman–Crippen LogP) is 3.83. The van der Waals surface area contributed by atoms with Crippen molar-refractivity contribution in [1.82, 2.24) is 0 Å². The molecule has 22 heavy (non-hydrogen) atoms. The number of ether oxygens (including phenoxy) is 1. The topological polar surface area (TPSA) is 49.8 Å². The van der Waals surface area contributed by atoms with E-state index in [9.17, 15) is 9.90 Å². The molecule has 0 aliphatic carbocycles. The highest BCUT2D eigenvalue weighted by molar-refractivity contribution is 6.30. The van der Waals surface area contributed by atoms with Crippen molar-refractivity contribution < 1.29 is 14.6 Å². The number of anilines is 1. The summed E-state index contributed by atoms with van der Waals surface area (Å²) in [6.45, 7) is 3.32. The second kappa shape index (κ2) is 5.89. The predicted molar refractivity (Wildman–Crippen MR) is 86.0 cm³/mol. The van der Waals surface area contributed by atoms with Crippen molar-refractivity contribution in [3.05, 3.63) is 58.6 Å². The molecule has 0 fully saturated rings. The molecule has 1 N–H and O–H groups in total. The van der Waals surface area contributed by atoms with Crippen LogP contribution in [0.25, 0.3) is 0 Å². The van der Waals surface area contributed by atoms with Crippen molar-refractivity contribution in [2.45, 2.75) is 19.5 Å². The molecule has 114 valence electrons. The number of aromatic carboxylic acids is 1. The molecule has 3 rings (SSSR count). The van der Waals surface area contributed by atoms with Crippen LogP contribution in [-0.4, -0.2) is 23.7 Å². The normalized spacial score (nSPS) is 16.8. The summed E-state index contributed by atoms with van der Waals surface area (Å²) in [5, 5.41) is 9.89. The molecule has 1 atom stereocenters. The summed E-state index contributed by atoms with van der Waals surface area (Å²) >= 11 is 5.92. The van der Waals surface area contributed by atoms with Gasteiger partial charge in [0.05, 0.1) is 17.3 Å². The standard InChI is InChI=1S/C17H16ClNO3/c1-11-10-22-16-7-4-13(17(20)21)8-15(16)19(11)9-12-2-5-14(18)6-3-12/h2-8,11H,9-10H2,1H3,(H,20,21). The van der Waals surface area contributed by atoms with Crippen molar-refractivity contribution in [2.24, 2.45) is 0 Å². The molecule has 0 amide bonds. The minimum absolute atomic E-state index is 0.159. The molecule has 0 spiro atoms. The Morgan fingerprint density at radius 1 is 1.32 bits per heavy atom. The third kappa shape index (κ3) is 2.88. The SMILES string of the molecule is CC1COc2ccc(C(=O)O)cc2N1Cc1ccc(Cl)cc1. The van der Waals surface area contributed by atoms with Crippen LogP contribution in [0.15, 0.2) is 42.5 Å². The Kier molecular flexibility index (Phi) is 3.94. The third-order valence-electron chi connectivity index (χ3n) is 3.79. The number of carboxylic acids is 1. The van der Waals surface area contributed by atoms with Gasteiger partial charge in [0.25, 0.3) is 0 Å². The highest BCUT2D eigenvalue weighted by Gasteiger charge is 2.25. The molecule has 0 radical (unpaired) electrons. The van der Waals surface area contributed by atoms with Gasteiger partial charge in [0, 0.05) is 11.6 Å².